The number of hydrogen-bond donors (Lipinski definition) is 1. The summed E-state index contributed by atoms with van der Waals surface area (Å²) in [5.41, 5.74) is 5.52. The van der Waals surface area contributed by atoms with Gasteiger partial charge in [-0.15, -0.1) is 10.2 Å². The number of nitrogens with two attached hydrogens (primary N) is 1. The van der Waals surface area contributed by atoms with Crippen molar-refractivity contribution in [2.45, 2.75) is 32.4 Å². The molecule has 28 heavy (non-hydrogen) atoms. The fourth-order valence-electron chi connectivity index (χ4n) is 3.23. The van der Waals surface area contributed by atoms with Gasteiger partial charge in [-0.25, -0.2) is 9.18 Å². The van der Waals surface area contributed by atoms with Gasteiger partial charge in [-0.2, -0.15) is 5.26 Å². The van der Waals surface area contributed by atoms with Crippen LogP contribution in [0.2, 0.25) is 0 Å². The molecule has 1 amide bonds. The zero-order valence-corrected chi connectivity index (χ0v) is 15.3. The van der Waals surface area contributed by atoms with Crippen molar-refractivity contribution in [2.24, 2.45) is 5.73 Å². The Kier molecular flexibility index (Phi) is 5.54. The molecule has 1 aromatic heterocycles. The predicted molar refractivity (Wildman–Crippen MR) is 97.1 cm³/mol. The molecule has 2 aromatic rings. The van der Waals surface area contributed by atoms with E-state index in [2.05, 4.69) is 10.2 Å². The molecule has 0 saturated carbocycles. The van der Waals surface area contributed by atoms with Gasteiger partial charge in [0.1, 0.15) is 17.6 Å². The molecule has 1 aliphatic rings. The van der Waals surface area contributed by atoms with E-state index in [-0.39, 0.29) is 23.8 Å². The molecule has 1 unspecified atom stereocenters. The number of hydrogen-bond acceptors (Lipinski definition) is 7. The first kappa shape index (κ1) is 19.3. The first-order valence-electron chi connectivity index (χ1n) is 8.72. The smallest absolute Gasteiger partial charge is 0.404 e. The number of amides is 1. The van der Waals surface area contributed by atoms with Gasteiger partial charge in [0.2, 0.25) is 5.95 Å². The maximum Gasteiger partial charge on any atom is 0.404 e. The van der Waals surface area contributed by atoms with Crippen LogP contribution >= 0.6 is 0 Å². The summed E-state index contributed by atoms with van der Waals surface area (Å²) < 4.78 is 20.1. The molecule has 146 valence electrons. The van der Waals surface area contributed by atoms with Crippen LogP contribution in [-0.4, -0.2) is 40.1 Å². The molecule has 1 saturated heterocycles. The lowest BCUT2D eigenvalue weighted by Gasteiger charge is -2.33. The van der Waals surface area contributed by atoms with Crippen molar-refractivity contribution < 1.29 is 13.9 Å². The number of nitrogens with zero attached hydrogens (tertiary/aromatic N) is 5. The Hall–Kier alpha value is -3.48. The Balaban J connectivity index is 1.99. The van der Waals surface area contributed by atoms with Crippen LogP contribution < -0.4 is 16.2 Å². The van der Waals surface area contributed by atoms with Gasteiger partial charge >= 0.3 is 6.09 Å². The van der Waals surface area contributed by atoms with E-state index >= 15 is 0 Å². The van der Waals surface area contributed by atoms with Crippen molar-refractivity contribution >= 4 is 12.0 Å². The monoisotopic (exact) mass is 386 g/mol. The van der Waals surface area contributed by atoms with Crippen LogP contribution in [0.25, 0.3) is 0 Å². The quantitative estimate of drug-likeness (QED) is 0.832. The summed E-state index contributed by atoms with van der Waals surface area (Å²) >= 11 is 0. The molecule has 1 fully saturated rings. The lowest BCUT2D eigenvalue weighted by Crippen LogP contribution is -2.44. The topological polar surface area (TPSA) is 127 Å². The fraction of sp³-hybridized carbons (Fsp3) is 0.389. The molecule has 0 bridgehead atoms. The highest BCUT2D eigenvalue weighted by Gasteiger charge is 2.26. The predicted octanol–water partition coefficient (Wildman–Crippen LogP) is 1.07. The van der Waals surface area contributed by atoms with Gasteiger partial charge in [0, 0.05) is 6.54 Å². The van der Waals surface area contributed by atoms with Crippen LogP contribution in [0.3, 0.4) is 0 Å². The summed E-state index contributed by atoms with van der Waals surface area (Å²) in [4.78, 5) is 25.6. The van der Waals surface area contributed by atoms with E-state index in [1.807, 2.05) is 6.07 Å². The van der Waals surface area contributed by atoms with Crippen molar-refractivity contribution in [2.75, 3.05) is 18.0 Å². The zero-order chi connectivity index (χ0) is 20.3. The summed E-state index contributed by atoms with van der Waals surface area (Å²) in [5.74, 6) is -0.239. The average molecular weight is 386 g/mol. The lowest BCUT2D eigenvalue weighted by molar-refractivity contribution is 0.0960. The minimum atomic E-state index is -0.863. The third-order valence-electron chi connectivity index (χ3n) is 4.55. The maximum atomic E-state index is 13.7. The summed E-state index contributed by atoms with van der Waals surface area (Å²) in [6.45, 7) is 2.36. The van der Waals surface area contributed by atoms with Crippen LogP contribution in [0.1, 0.15) is 29.7 Å². The lowest BCUT2D eigenvalue weighted by atomic mass is 10.1. The van der Waals surface area contributed by atoms with E-state index < -0.39 is 23.6 Å². The standard InChI is InChI=1S/C18H19FN6O3/c1-11-16(26)25(9-13-7-14(19)5-4-12(13)8-20)18(23-22-11)24-6-2-3-15(10-24)28-17(21)27/h4-5,7,15H,2-3,6,9-10H2,1H3,(H2,21,27). The SMILES string of the molecule is Cc1nnc(N2CCCC(OC(N)=O)C2)n(Cc2cc(F)ccc2C#N)c1=O. The van der Waals surface area contributed by atoms with E-state index in [1.165, 1.54) is 29.7 Å². The number of anilines is 1. The Morgan fingerprint density at radius 1 is 1.46 bits per heavy atom. The number of piperidine rings is 1. The number of carbonyl (C=O) groups excluding carboxylic acids is 1. The molecule has 0 radical (unpaired) electrons. The van der Waals surface area contributed by atoms with Gasteiger partial charge in [-0.1, -0.05) is 0 Å². The molecule has 1 aromatic carbocycles. The maximum absolute atomic E-state index is 13.7. The molecule has 3 rings (SSSR count). The highest BCUT2D eigenvalue weighted by molar-refractivity contribution is 5.64. The van der Waals surface area contributed by atoms with Gasteiger partial charge in [-0.3, -0.25) is 9.36 Å². The molecule has 9 nitrogen and oxygen atoms in total. The first-order valence-corrected chi connectivity index (χ1v) is 8.72. The Morgan fingerprint density at radius 3 is 2.96 bits per heavy atom. The van der Waals surface area contributed by atoms with Crippen LogP contribution in [0.4, 0.5) is 15.1 Å². The summed E-state index contributed by atoms with van der Waals surface area (Å²) in [7, 11) is 0. The third kappa shape index (κ3) is 4.09. The third-order valence-corrected chi connectivity index (χ3v) is 4.55. The Bertz CT molecular complexity index is 1000. The van der Waals surface area contributed by atoms with Crippen molar-refractivity contribution in [3.05, 3.63) is 51.2 Å². The number of halogens is 1. The molecule has 2 N–H and O–H groups in total. The van der Waals surface area contributed by atoms with E-state index in [1.54, 1.807) is 4.90 Å². The molecule has 0 aliphatic carbocycles. The van der Waals surface area contributed by atoms with Crippen molar-refractivity contribution in [3.63, 3.8) is 0 Å². The number of benzene rings is 1. The normalized spacial score (nSPS) is 16.5. The number of aromatic nitrogens is 3. The number of nitriles is 1. The summed E-state index contributed by atoms with van der Waals surface area (Å²) in [6, 6.07) is 5.79. The van der Waals surface area contributed by atoms with Crippen molar-refractivity contribution in [3.8, 4) is 6.07 Å². The first-order chi connectivity index (χ1) is 13.4. The van der Waals surface area contributed by atoms with Crippen molar-refractivity contribution in [1.82, 2.24) is 14.8 Å². The minimum absolute atomic E-state index is 0.0387. The highest BCUT2D eigenvalue weighted by Crippen LogP contribution is 2.20. The second-order valence-electron chi connectivity index (χ2n) is 6.54. The molecular formula is C18H19FN6O3. The van der Waals surface area contributed by atoms with Gasteiger partial charge in [0.15, 0.2) is 0 Å². The summed E-state index contributed by atoms with van der Waals surface area (Å²) in [6.07, 6.45) is 0.0516. The second kappa shape index (κ2) is 8.04. The molecule has 2 heterocycles. The molecule has 1 aliphatic heterocycles. The molecule has 1 atom stereocenters. The molecule has 0 spiro atoms. The van der Waals surface area contributed by atoms with Gasteiger partial charge in [-0.05, 0) is 43.5 Å². The fourth-order valence-corrected chi connectivity index (χ4v) is 3.23. The molecular weight excluding hydrogens is 367 g/mol. The number of carbonyl (C=O) groups is 1. The second-order valence-corrected chi connectivity index (χ2v) is 6.54. The van der Waals surface area contributed by atoms with Crippen LogP contribution in [0, 0.1) is 24.1 Å². The number of rotatable bonds is 4. The number of aryl methyl sites for hydroxylation is 1. The van der Waals surface area contributed by atoms with Gasteiger partial charge < -0.3 is 15.4 Å². The molecule has 10 heteroatoms. The number of ether oxygens (including phenoxy) is 1. The van der Waals surface area contributed by atoms with Crippen LogP contribution in [-0.2, 0) is 11.3 Å². The summed E-state index contributed by atoms with van der Waals surface area (Å²) in [5, 5.41) is 17.3. The van der Waals surface area contributed by atoms with Gasteiger partial charge in [0.25, 0.3) is 5.56 Å². The average Bonchev–Trinajstić information content (AvgIpc) is 2.65. The van der Waals surface area contributed by atoms with Crippen molar-refractivity contribution in [1.29, 1.82) is 5.26 Å². The van der Waals surface area contributed by atoms with E-state index in [4.69, 9.17) is 10.5 Å². The van der Waals surface area contributed by atoms with E-state index in [0.29, 0.717) is 31.5 Å². The van der Waals surface area contributed by atoms with E-state index in [0.717, 1.165) is 0 Å². The zero-order valence-electron chi connectivity index (χ0n) is 15.3. The Morgan fingerprint density at radius 2 is 2.25 bits per heavy atom. The van der Waals surface area contributed by atoms with E-state index in [9.17, 15) is 19.2 Å². The largest absolute Gasteiger partial charge is 0.445 e. The van der Waals surface area contributed by atoms with Gasteiger partial charge in [0.05, 0.1) is 24.7 Å². The van der Waals surface area contributed by atoms with Crippen LogP contribution in [0.15, 0.2) is 23.0 Å². The minimum Gasteiger partial charge on any atom is -0.445 e. The van der Waals surface area contributed by atoms with Crippen LogP contribution in [0.5, 0.6) is 0 Å². The highest BCUT2D eigenvalue weighted by atomic mass is 19.1. The number of primary amides is 1. The Labute approximate surface area is 160 Å².